The molecule has 8 heteroatoms. The first kappa shape index (κ1) is 23.9. The van der Waals surface area contributed by atoms with Crippen molar-refractivity contribution in [3.05, 3.63) is 122 Å². The van der Waals surface area contributed by atoms with Crippen molar-refractivity contribution in [3.63, 3.8) is 0 Å². The van der Waals surface area contributed by atoms with Crippen molar-refractivity contribution in [1.82, 2.24) is 29.1 Å². The molecule has 11 rings (SSSR count). The molecule has 0 radical (unpaired) electrons. The molecule has 3 aromatic carbocycles. The van der Waals surface area contributed by atoms with Crippen LogP contribution in [0.25, 0.3) is 98.9 Å². The van der Waals surface area contributed by atoms with Crippen molar-refractivity contribution in [3.8, 4) is 11.4 Å². The molecule has 0 aliphatic heterocycles. The van der Waals surface area contributed by atoms with Crippen LogP contribution in [0.2, 0.25) is 0 Å². The van der Waals surface area contributed by atoms with E-state index in [1.807, 2.05) is 79.9 Å². The van der Waals surface area contributed by atoms with E-state index in [1.165, 1.54) is 0 Å². The molecule has 214 valence electrons. The average molecular weight is 593 g/mol. The Morgan fingerprint density at radius 1 is 0.391 bits per heavy atom. The first-order chi connectivity index (χ1) is 22.8. The maximum Gasteiger partial charge on any atom is 0.147 e. The molecule has 0 aliphatic carbocycles. The summed E-state index contributed by atoms with van der Waals surface area (Å²) >= 11 is 0. The van der Waals surface area contributed by atoms with Gasteiger partial charge in [-0.2, -0.15) is 0 Å². The Morgan fingerprint density at radius 3 is 1.59 bits per heavy atom. The third kappa shape index (κ3) is 3.02. The third-order valence-corrected chi connectivity index (χ3v) is 9.29. The molecule has 0 unspecified atom stereocenters. The van der Waals surface area contributed by atoms with Crippen LogP contribution in [0, 0.1) is 0 Å². The van der Waals surface area contributed by atoms with Gasteiger partial charge in [0.05, 0.1) is 39.8 Å². The number of nitrogens with zero attached hydrogens (tertiary/aromatic N) is 6. The van der Waals surface area contributed by atoms with Gasteiger partial charge in [-0.1, -0.05) is 0 Å². The van der Waals surface area contributed by atoms with E-state index in [0.717, 1.165) is 98.9 Å². The monoisotopic (exact) mass is 592 g/mol. The molecule has 0 N–H and O–H groups in total. The van der Waals surface area contributed by atoms with Crippen LogP contribution >= 0.6 is 0 Å². The van der Waals surface area contributed by atoms with Gasteiger partial charge in [-0.15, -0.1) is 0 Å². The topological polar surface area (TPSA) is 87.7 Å². The second-order valence-corrected chi connectivity index (χ2v) is 11.6. The van der Waals surface area contributed by atoms with Crippen LogP contribution in [-0.4, -0.2) is 29.1 Å². The SMILES string of the molecule is c1cc2c(cn1)c1ccncc1n2-c1ccc2oc3c(ccc4oc5ccc(-n6c7ccncc7c7ccncc76)cc5c43)c2c1. The number of furan rings is 2. The minimum atomic E-state index is 0.785. The zero-order valence-electron chi connectivity index (χ0n) is 24.0. The highest BCUT2D eigenvalue weighted by atomic mass is 16.3. The standard InChI is InChI=1S/C38H20N6O2/c1-4-34-26(15-21(1)43-30-9-13-39-17-28(30)23-7-11-41-19-32(23)43)25-3-6-36-37(38(25)46-34)27-16-22(2-5-35(27)45-36)44-31-10-14-40-18-29(31)24-8-12-42-20-33(24)44/h1-20H. The fourth-order valence-corrected chi connectivity index (χ4v) is 7.33. The van der Waals surface area contributed by atoms with E-state index < -0.39 is 0 Å². The van der Waals surface area contributed by atoms with Crippen molar-refractivity contribution < 1.29 is 8.83 Å². The molecule has 8 aromatic heterocycles. The number of pyridine rings is 4. The highest BCUT2D eigenvalue weighted by Crippen LogP contribution is 2.42. The van der Waals surface area contributed by atoms with Crippen LogP contribution in [0.1, 0.15) is 0 Å². The Morgan fingerprint density at radius 2 is 0.935 bits per heavy atom. The second-order valence-electron chi connectivity index (χ2n) is 11.6. The van der Waals surface area contributed by atoms with Crippen molar-refractivity contribution in [2.45, 2.75) is 0 Å². The van der Waals surface area contributed by atoms with Crippen LogP contribution in [0.15, 0.2) is 131 Å². The summed E-state index contributed by atoms with van der Waals surface area (Å²) in [6, 6.07) is 25.0. The summed E-state index contributed by atoms with van der Waals surface area (Å²) in [5, 5.41) is 8.43. The first-order valence-corrected chi connectivity index (χ1v) is 15.0. The summed E-state index contributed by atoms with van der Waals surface area (Å²) < 4.78 is 17.5. The summed E-state index contributed by atoms with van der Waals surface area (Å²) in [4.78, 5) is 17.7. The van der Waals surface area contributed by atoms with Crippen LogP contribution < -0.4 is 0 Å². The molecule has 0 bridgehead atoms. The zero-order chi connectivity index (χ0) is 29.9. The largest absolute Gasteiger partial charge is 0.456 e. The van der Waals surface area contributed by atoms with Gasteiger partial charge in [-0.3, -0.25) is 19.9 Å². The third-order valence-electron chi connectivity index (χ3n) is 9.29. The van der Waals surface area contributed by atoms with Crippen molar-refractivity contribution in [1.29, 1.82) is 0 Å². The van der Waals surface area contributed by atoms with Gasteiger partial charge < -0.3 is 18.0 Å². The molecule has 8 nitrogen and oxygen atoms in total. The molecular weight excluding hydrogens is 572 g/mol. The molecule has 0 spiro atoms. The van der Waals surface area contributed by atoms with Crippen LogP contribution in [-0.2, 0) is 0 Å². The lowest BCUT2D eigenvalue weighted by Gasteiger charge is -2.07. The Balaban J connectivity index is 1.17. The number of hydrogen-bond acceptors (Lipinski definition) is 6. The Hall–Kier alpha value is -6.54. The Kier molecular flexibility index (Phi) is 4.43. The van der Waals surface area contributed by atoms with Crippen LogP contribution in [0.3, 0.4) is 0 Å². The lowest BCUT2D eigenvalue weighted by atomic mass is 10.1. The fraction of sp³-hybridized carbons (Fsp3) is 0. The van der Waals surface area contributed by atoms with Gasteiger partial charge in [-0.05, 0) is 72.8 Å². The highest BCUT2D eigenvalue weighted by Gasteiger charge is 2.20. The average Bonchev–Trinajstić information content (AvgIpc) is 3.85. The maximum absolute atomic E-state index is 6.63. The van der Waals surface area contributed by atoms with E-state index in [9.17, 15) is 0 Å². The molecule has 0 aliphatic rings. The molecule has 46 heavy (non-hydrogen) atoms. The minimum absolute atomic E-state index is 0.785. The van der Waals surface area contributed by atoms with Gasteiger partial charge in [0.1, 0.15) is 22.3 Å². The number of benzene rings is 3. The van der Waals surface area contributed by atoms with Crippen molar-refractivity contribution in [2.75, 3.05) is 0 Å². The Labute approximate surface area is 258 Å². The molecule has 8 heterocycles. The van der Waals surface area contributed by atoms with Gasteiger partial charge in [0.25, 0.3) is 0 Å². The second kappa shape index (κ2) is 8.55. The molecule has 0 amide bonds. The summed E-state index contributed by atoms with van der Waals surface area (Å²) in [6.45, 7) is 0. The molecule has 0 saturated heterocycles. The van der Waals surface area contributed by atoms with Gasteiger partial charge in [-0.25, -0.2) is 0 Å². The molecule has 11 aromatic rings. The van der Waals surface area contributed by atoms with Gasteiger partial charge >= 0.3 is 0 Å². The summed E-state index contributed by atoms with van der Waals surface area (Å²) in [7, 11) is 0. The van der Waals surface area contributed by atoms with Crippen molar-refractivity contribution in [2.24, 2.45) is 0 Å². The summed E-state index contributed by atoms with van der Waals surface area (Å²) in [5.74, 6) is 0. The van der Waals surface area contributed by atoms with Gasteiger partial charge in [0, 0.05) is 86.3 Å². The van der Waals surface area contributed by atoms with Gasteiger partial charge in [0.15, 0.2) is 0 Å². The molecular formula is C38H20N6O2. The highest BCUT2D eigenvalue weighted by molar-refractivity contribution is 6.22. The predicted molar refractivity (Wildman–Crippen MR) is 181 cm³/mol. The fourth-order valence-electron chi connectivity index (χ4n) is 7.33. The zero-order valence-corrected chi connectivity index (χ0v) is 24.0. The predicted octanol–water partition coefficient (Wildman–Crippen LogP) is 9.26. The number of fused-ring (bicyclic) bond motifs is 13. The quantitative estimate of drug-likeness (QED) is 0.199. The van der Waals surface area contributed by atoms with E-state index in [0.29, 0.717) is 0 Å². The lowest BCUT2D eigenvalue weighted by Crippen LogP contribution is -1.93. The number of hydrogen-bond donors (Lipinski definition) is 0. The van der Waals surface area contributed by atoms with E-state index >= 15 is 0 Å². The van der Waals surface area contributed by atoms with E-state index in [1.54, 1.807) is 0 Å². The summed E-state index contributed by atoms with van der Waals surface area (Å²) in [6.07, 6.45) is 15.0. The number of aromatic nitrogens is 6. The van der Waals surface area contributed by atoms with Crippen molar-refractivity contribution >= 4 is 87.5 Å². The Bertz CT molecular complexity index is 2950. The lowest BCUT2D eigenvalue weighted by molar-refractivity contribution is 0.662. The molecule has 0 fully saturated rings. The van der Waals surface area contributed by atoms with Gasteiger partial charge in [0.2, 0.25) is 0 Å². The number of rotatable bonds is 2. The molecule has 0 atom stereocenters. The summed E-state index contributed by atoms with van der Waals surface area (Å²) in [5.41, 5.74) is 9.47. The van der Waals surface area contributed by atoms with E-state index in [-0.39, 0.29) is 0 Å². The van der Waals surface area contributed by atoms with E-state index in [4.69, 9.17) is 8.83 Å². The smallest absolute Gasteiger partial charge is 0.147 e. The minimum Gasteiger partial charge on any atom is -0.456 e. The maximum atomic E-state index is 6.63. The van der Waals surface area contributed by atoms with E-state index in [2.05, 4.69) is 71.5 Å². The van der Waals surface area contributed by atoms with Crippen LogP contribution in [0.4, 0.5) is 0 Å². The van der Waals surface area contributed by atoms with Crippen LogP contribution in [0.5, 0.6) is 0 Å². The first-order valence-electron chi connectivity index (χ1n) is 15.0. The molecule has 0 saturated carbocycles. The normalized spacial score (nSPS) is 12.3.